The van der Waals surface area contributed by atoms with Crippen molar-refractivity contribution < 1.29 is 19.8 Å². The molecule has 2 unspecified atom stereocenters. The Morgan fingerprint density at radius 1 is 0.541 bits per heavy atom. The van der Waals surface area contributed by atoms with E-state index in [-0.39, 0.29) is 17.6 Å². The highest BCUT2D eigenvalue weighted by molar-refractivity contribution is 7.99. The van der Waals surface area contributed by atoms with Crippen LogP contribution in [-0.2, 0) is 9.59 Å². The first kappa shape index (κ1) is 36.3. The Morgan fingerprint density at radius 3 is 1.24 bits per heavy atom. The molecular formula is C32H62O4S. The second-order valence-electron chi connectivity index (χ2n) is 11.2. The largest absolute Gasteiger partial charge is 0.481 e. The molecule has 0 fully saturated rings. The second-order valence-corrected chi connectivity index (χ2v) is 12.6. The topological polar surface area (TPSA) is 74.6 Å². The zero-order chi connectivity index (χ0) is 27.4. The van der Waals surface area contributed by atoms with Crippen LogP contribution in [-0.4, -0.2) is 33.2 Å². The van der Waals surface area contributed by atoms with Gasteiger partial charge in [0.2, 0.25) is 0 Å². The van der Waals surface area contributed by atoms with E-state index in [1.54, 1.807) is 11.8 Å². The highest BCUT2D eigenvalue weighted by Crippen LogP contribution is 2.26. The summed E-state index contributed by atoms with van der Waals surface area (Å²) in [5.41, 5.74) is 0. The molecule has 2 atom stereocenters. The fourth-order valence-electron chi connectivity index (χ4n) is 5.06. The number of carboxylic acid groups (broad SMARTS) is 2. The van der Waals surface area contributed by atoms with Crippen molar-refractivity contribution in [3.05, 3.63) is 0 Å². The van der Waals surface area contributed by atoms with Gasteiger partial charge in [0, 0.05) is 11.0 Å². The second kappa shape index (κ2) is 28.3. The Morgan fingerprint density at radius 2 is 0.892 bits per heavy atom. The molecule has 0 aliphatic rings. The maximum Gasteiger partial charge on any atom is 0.307 e. The summed E-state index contributed by atoms with van der Waals surface area (Å²) in [5.74, 6) is -1.29. The molecular weight excluding hydrogens is 480 g/mol. The molecule has 0 amide bonds. The standard InChI is InChI=1S/C32H62O4S/c1-3-5-7-9-11-13-15-17-19-21-23-25-29(32(35)36)28-37-30(27-31(33)34)26-24-22-20-18-16-14-12-10-8-6-4-2/h29-30H,3-28H2,1-2H3,(H,33,34)(H,35,36). The smallest absolute Gasteiger partial charge is 0.307 e. The molecule has 0 saturated carbocycles. The van der Waals surface area contributed by atoms with Crippen molar-refractivity contribution >= 4 is 23.7 Å². The number of carbonyl (C=O) groups is 2. The molecule has 0 aromatic rings. The average molecular weight is 543 g/mol. The molecule has 0 heterocycles. The Labute approximate surface area is 234 Å². The molecule has 4 nitrogen and oxygen atoms in total. The number of thioether (sulfide) groups is 1. The highest BCUT2D eigenvalue weighted by Gasteiger charge is 2.21. The Hall–Kier alpha value is -0.710. The number of hydrogen-bond acceptors (Lipinski definition) is 3. The minimum Gasteiger partial charge on any atom is -0.481 e. The van der Waals surface area contributed by atoms with Gasteiger partial charge >= 0.3 is 11.9 Å². The first-order chi connectivity index (χ1) is 18.0. The third-order valence-electron chi connectivity index (χ3n) is 7.57. The summed E-state index contributed by atoms with van der Waals surface area (Å²) in [7, 11) is 0. The van der Waals surface area contributed by atoms with E-state index in [0.29, 0.717) is 5.75 Å². The quantitative estimate of drug-likeness (QED) is 0.0883. The van der Waals surface area contributed by atoms with Crippen LogP contribution in [0.5, 0.6) is 0 Å². The lowest BCUT2D eigenvalue weighted by molar-refractivity contribution is -0.141. The van der Waals surface area contributed by atoms with Crippen LogP contribution in [0.3, 0.4) is 0 Å². The molecule has 5 heteroatoms. The summed E-state index contributed by atoms with van der Waals surface area (Å²) >= 11 is 1.59. The van der Waals surface area contributed by atoms with Gasteiger partial charge in [-0.25, -0.2) is 0 Å². The van der Waals surface area contributed by atoms with E-state index in [1.807, 2.05) is 0 Å². The third-order valence-corrected chi connectivity index (χ3v) is 9.04. The predicted molar refractivity (Wildman–Crippen MR) is 162 cm³/mol. The van der Waals surface area contributed by atoms with E-state index in [4.69, 9.17) is 0 Å². The van der Waals surface area contributed by atoms with Crippen molar-refractivity contribution in [3.8, 4) is 0 Å². The molecule has 220 valence electrons. The third kappa shape index (κ3) is 26.7. The van der Waals surface area contributed by atoms with E-state index < -0.39 is 11.9 Å². The SMILES string of the molecule is CCCCCCCCCCCCCC(CC(=O)O)SCC(CCCCCCCCCCCCC)C(=O)O. The van der Waals surface area contributed by atoms with E-state index >= 15 is 0 Å². The normalized spacial score (nSPS) is 13.0. The number of rotatable bonds is 30. The van der Waals surface area contributed by atoms with Crippen molar-refractivity contribution in [1.82, 2.24) is 0 Å². The Balaban J connectivity index is 3.95. The van der Waals surface area contributed by atoms with Crippen LogP contribution in [0.15, 0.2) is 0 Å². The molecule has 2 N–H and O–H groups in total. The highest BCUT2D eigenvalue weighted by atomic mass is 32.2. The van der Waals surface area contributed by atoms with Crippen LogP contribution < -0.4 is 0 Å². The fourth-order valence-corrected chi connectivity index (χ4v) is 6.47. The monoisotopic (exact) mass is 542 g/mol. The first-order valence-electron chi connectivity index (χ1n) is 16.1. The summed E-state index contributed by atoms with van der Waals surface area (Å²) in [4.78, 5) is 23.1. The minimum atomic E-state index is -0.766. The summed E-state index contributed by atoms with van der Waals surface area (Å²) in [5, 5.41) is 19.0. The van der Waals surface area contributed by atoms with Gasteiger partial charge in [-0.2, -0.15) is 11.8 Å². The zero-order valence-corrected chi connectivity index (χ0v) is 25.5. The maximum atomic E-state index is 11.8. The lowest BCUT2D eigenvalue weighted by Crippen LogP contribution is -2.19. The van der Waals surface area contributed by atoms with Gasteiger partial charge in [0.25, 0.3) is 0 Å². The van der Waals surface area contributed by atoms with Gasteiger partial charge < -0.3 is 10.2 Å². The molecule has 0 radical (unpaired) electrons. The van der Waals surface area contributed by atoms with Crippen LogP contribution in [0.4, 0.5) is 0 Å². The summed E-state index contributed by atoms with van der Waals surface area (Å²) < 4.78 is 0. The van der Waals surface area contributed by atoms with E-state index in [0.717, 1.165) is 38.5 Å². The average Bonchev–Trinajstić information content (AvgIpc) is 2.86. The van der Waals surface area contributed by atoms with Crippen LogP contribution in [0.2, 0.25) is 0 Å². The Kier molecular flexibility index (Phi) is 27.8. The maximum absolute atomic E-state index is 11.8. The molecule has 0 aromatic carbocycles. The van der Waals surface area contributed by atoms with Gasteiger partial charge in [-0.15, -0.1) is 0 Å². The van der Waals surface area contributed by atoms with Crippen LogP contribution in [0.1, 0.15) is 174 Å². The summed E-state index contributed by atoms with van der Waals surface area (Å²) in [6.07, 6.45) is 29.9. The molecule has 0 bridgehead atoms. The van der Waals surface area contributed by atoms with Crippen molar-refractivity contribution in [1.29, 1.82) is 0 Å². The van der Waals surface area contributed by atoms with Crippen LogP contribution >= 0.6 is 11.8 Å². The predicted octanol–water partition coefficient (Wildman–Crippen LogP) is 10.7. The van der Waals surface area contributed by atoms with Gasteiger partial charge in [-0.05, 0) is 12.8 Å². The van der Waals surface area contributed by atoms with E-state index in [1.165, 1.54) is 116 Å². The van der Waals surface area contributed by atoms with Gasteiger partial charge in [0.05, 0.1) is 12.3 Å². The number of aliphatic carboxylic acids is 2. The molecule has 0 aliphatic heterocycles. The van der Waals surface area contributed by atoms with E-state index in [9.17, 15) is 19.8 Å². The summed E-state index contributed by atoms with van der Waals surface area (Å²) in [6, 6.07) is 0. The van der Waals surface area contributed by atoms with Crippen molar-refractivity contribution in [2.75, 3.05) is 5.75 Å². The molecule has 37 heavy (non-hydrogen) atoms. The van der Waals surface area contributed by atoms with Gasteiger partial charge in [0.1, 0.15) is 0 Å². The summed E-state index contributed by atoms with van der Waals surface area (Å²) in [6.45, 7) is 4.51. The van der Waals surface area contributed by atoms with Crippen LogP contribution in [0.25, 0.3) is 0 Å². The lowest BCUT2D eigenvalue weighted by Gasteiger charge is -2.18. The molecule has 0 aromatic heterocycles. The van der Waals surface area contributed by atoms with Crippen molar-refractivity contribution in [3.63, 3.8) is 0 Å². The van der Waals surface area contributed by atoms with Crippen molar-refractivity contribution in [2.45, 2.75) is 180 Å². The zero-order valence-electron chi connectivity index (χ0n) is 24.7. The number of unbranched alkanes of at least 4 members (excludes halogenated alkanes) is 20. The molecule has 0 spiro atoms. The van der Waals surface area contributed by atoms with Crippen LogP contribution in [0, 0.1) is 5.92 Å². The number of carboxylic acids is 2. The molecule has 0 saturated heterocycles. The Bertz CT molecular complexity index is 511. The van der Waals surface area contributed by atoms with Crippen molar-refractivity contribution in [2.24, 2.45) is 5.92 Å². The number of hydrogen-bond donors (Lipinski definition) is 2. The first-order valence-corrected chi connectivity index (χ1v) is 17.1. The fraction of sp³-hybridized carbons (Fsp3) is 0.938. The van der Waals surface area contributed by atoms with Gasteiger partial charge in [-0.1, -0.05) is 155 Å². The van der Waals surface area contributed by atoms with E-state index in [2.05, 4.69) is 13.8 Å². The van der Waals surface area contributed by atoms with Gasteiger partial charge in [0.15, 0.2) is 0 Å². The lowest BCUT2D eigenvalue weighted by atomic mass is 10.0. The minimum absolute atomic E-state index is 0.0373. The molecule has 0 rings (SSSR count). The van der Waals surface area contributed by atoms with Gasteiger partial charge in [-0.3, -0.25) is 9.59 Å². The molecule has 0 aliphatic carbocycles.